The van der Waals surface area contributed by atoms with Crippen molar-refractivity contribution in [2.24, 2.45) is 0 Å². The summed E-state index contributed by atoms with van der Waals surface area (Å²) in [5, 5.41) is 9.04. The first-order valence-electron chi connectivity index (χ1n) is 3.99. The molecule has 1 unspecified atom stereocenters. The normalized spacial score (nSPS) is 26.4. The van der Waals surface area contributed by atoms with E-state index < -0.39 is 28.2 Å². The lowest BCUT2D eigenvalue weighted by Crippen LogP contribution is -2.47. The summed E-state index contributed by atoms with van der Waals surface area (Å²) < 4.78 is 58.1. The smallest absolute Gasteiger partial charge is 0.392 e. The molecule has 1 saturated heterocycles. The number of aliphatic hydroxyl groups is 1. The quantitative estimate of drug-likeness (QED) is 0.708. The van der Waals surface area contributed by atoms with Crippen LogP contribution in [0.4, 0.5) is 13.2 Å². The molecule has 4 nitrogen and oxygen atoms in total. The van der Waals surface area contributed by atoms with Gasteiger partial charge in [0.2, 0.25) is 0 Å². The third-order valence-corrected chi connectivity index (χ3v) is 3.59. The van der Waals surface area contributed by atoms with E-state index in [0.717, 1.165) is 0 Å². The van der Waals surface area contributed by atoms with E-state index in [1.807, 2.05) is 0 Å². The van der Waals surface area contributed by atoms with Crippen molar-refractivity contribution in [3.63, 3.8) is 0 Å². The topological polar surface area (TPSA) is 57.6 Å². The summed E-state index contributed by atoms with van der Waals surface area (Å²) in [6, 6.07) is 0. The Labute approximate surface area is 79.4 Å². The Kier molecular flexibility index (Phi) is 3.07. The van der Waals surface area contributed by atoms with Crippen LogP contribution < -0.4 is 0 Å². The number of rotatable bonds is 1. The highest BCUT2D eigenvalue weighted by Gasteiger charge is 2.50. The second-order valence-electron chi connectivity index (χ2n) is 3.10. The lowest BCUT2D eigenvalue weighted by molar-refractivity contribution is -0.0508. The number of alkyl halides is 3. The van der Waals surface area contributed by atoms with Crippen molar-refractivity contribution in [2.75, 3.05) is 13.1 Å². The average Bonchev–Trinajstić information content (AvgIpc) is 2.02. The van der Waals surface area contributed by atoms with Crippen LogP contribution >= 0.6 is 0 Å². The first kappa shape index (κ1) is 11.7. The number of nitrogens with zero attached hydrogens (tertiary/aromatic N) is 1. The maximum absolute atomic E-state index is 12.0. The van der Waals surface area contributed by atoms with Crippen molar-refractivity contribution in [2.45, 2.75) is 24.5 Å². The molecule has 1 atom stereocenters. The Morgan fingerprint density at radius 2 is 1.93 bits per heavy atom. The molecule has 84 valence electrons. The number of hydrogen-bond acceptors (Lipinski definition) is 3. The van der Waals surface area contributed by atoms with E-state index in [1.165, 1.54) is 0 Å². The molecule has 0 aromatic heterocycles. The van der Waals surface area contributed by atoms with Gasteiger partial charge in [0.25, 0.3) is 0 Å². The molecule has 0 bridgehead atoms. The molecule has 0 aromatic rings. The minimum absolute atomic E-state index is 0.182. The predicted octanol–water partition coefficient (Wildman–Crippen LogP) is 0.293. The summed E-state index contributed by atoms with van der Waals surface area (Å²) in [5.41, 5.74) is -5.27. The molecule has 1 aliphatic rings. The van der Waals surface area contributed by atoms with Crippen LogP contribution in [0.15, 0.2) is 0 Å². The Balaban J connectivity index is 2.83. The third-order valence-electron chi connectivity index (χ3n) is 1.99. The van der Waals surface area contributed by atoms with Crippen molar-refractivity contribution >= 4 is 10.0 Å². The maximum Gasteiger partial charge on any atom is 0.511 e. The molecule has 1 aliphatic heterocycles. The Hall–Kier alpha value is -0.340. The third kappa shape index (κ3) is 2.18. The van der Waals surface area contributed by atoms with Crippen molar-refractivity contribution in [3.8, 4) is 0 Å². The van der Waals surface area contributed by atoms with E-state index in [-0.39, 0.29) is 17.3 Å². The molecule has 8 heteroatoms. The highest BCUT2D eigenvalue weighted by molar-refractivity contribution is 7.90. The minimum atomic E-state index is -5.27. The van der Waals surface area contributed by atoms with E-state index in [4.69, 9.17) is 5.11 Å². The zero-order valence-corrected chi connectivity index (χ0v) is 7.98. The second-order valence-corrected chi connectivity index (χ2v) is 5.03. The van der Waals surface area contributed by atoms with Gasteiger partial charge in [0.05, 0.1) is 6.10 Å². The van der Waals surface area contributed by atoms with Gasteiger partial charge in [-0.1, -0.05) is 0 Å². The van der Waals surface area contributed by atoms with Crippen LogP contribution in [0.5, 0.6) is 0 Å². The van der Waals surface area contributed by atoms with Crippen LogP contribution in [0.1, 0.15) is 12.8 Å². The fourth-order valence-corrected chi connectivity index (χ4v) is 2.32. The summed E-state index contributed by atoms with van der Waals surface area (Å²) in [6.07, 6.45) is -0.416. The molecule has 0 aliphatic carbocycles. The first-order valence-corrected chi connectivity index (χ1v) is 5.43. The van der Waals surface area contributed by atoms with Gasteiger partial charge < -0.3 is 5.11 Å². The summed E-state index contributed by atoms with van der Waals surface area (Å²) in [7, 11) is -5.26. The number of piperidine rings is 1. The van der Waals surface area contributed by atoms with Crippen LogP contribution in [-0.4, -0.2) is 42.5 Å². The molecule has 0 amide bonds. The summed E-state index contributed by atoms with van der Waals surface area (Å²) in [5.74, 6) is 0. The number of sulfonamides is 1. The van der Waals surface area contributed by atoms with Gasteiger partial charge in [-0.15, -0.1) is 0 Å². The van der Waals surface area contributed by atoms with Crippen molar-refractivity contribution in [3.05, 3.63) is 0 Å². The zero-order chi connectivity index (χ0) is 11.0. The first-order chi connectivity index (χ1) is 6.25. The fraction of sp³-hybridized carbons (Fsp3) is 1.00. The van der Waals surface area contributed by atoms with E-state index >= 15 is 0 Å². The molecule has 0 spiro atoms. The molecule has 1 fully saturated rings. The molecule has 1 rings (SSSR count). The molecule has 0 aromatic carbocycles. The summed E-state index contributed by atoms with van der Waals surface area (Å²) >= 11 is 0. The Morgan fingerprint density at radius 3 is 2.36 bits per heavy atom. The molecular weight excluding hydrogens is 223 g/mol. The van der Waals surface area contributed by atoms with Crippen LogP contribution in [0, 0.1) is 0 Å². The largest absolute Gasteiger partial charge is 0.511 e. The lowest BCUT2D eigenvalue weighted by atomic mass is 10.1. The fourth-order valence-electron chi connectivity index (χ4n) is 1.29. The molecule has 0 saturated carbocycles. The van der Waals surface area contributed by atoms with Gasteiger partial charge in [0.15, 0.2) is 0 Å². The standard InChI is InChI=1S/C6H10F3NO3S/c7-6(8,9)14(12,13)10-3-1-2-5(11)4-10/h5,11H,1-4H2. The number of β-amino-alcohol motifs (C(OH)–C–C–N with tert-alkyl or cyclic N) is 1. The van der Waals surface area contributed by atoms with E-state index in [9.17, 15) is 21.6 Å². The van der Waals surface area contributed by atoms with Gasteiger partial charge in [0, 0.05) is 13.1 Å². The van der Waals surface area contributed by atoms with E-state index in [2.05, 4.69) is 0 Å². The van der Waals surface area contributed by atoms with Gasteiger partial charge in [-0.05, 0) is 12.8 Å². The van der Waals surface area contributed by atoms with Crippen LogP contribution in [0.3, 0.4) is 0 Å². The van der Waals surface area contributed by atoms with Gasteiger partial charge in [0.1, 0.15) is 0 Å². The number of aliphatic hydroxyl groups excluding tert-OH is 1. The molecular formula is C6H10F3NO3S. The van der Waals surface area contributed by atoms with Crippen molar-refractivity contribution in [1.29, 1.82) is 0 Å². The van der Waals surface area contributed by atoms with Crippen LogP contribution in [0.25, 0.3) is 0 Å². The Morgan fingerprint density at radius 1 is 1.36 bits per heavy atom. The summed E-state index contributed by atoms with van der Waals surface area (Å²) in [4.78, 5) is 0. The maximum atomic E-state index is 12.0. The Bertz CT molecular complexity index is 300. The monoisotopic (exact) mass is 233 g/mol. The number of hydrogen-bond donors (Lipinski definition) is 1. The van der Waals surface area contributed by atoms with Gasteiger partial charge in [-0.2, -0.15) is 17.5 Å². The molecule has 1 heterocycles. The van der Waals surface area contributed by atoms with Crippen LogP contribution in [0.2, 0.25) is 0 Å². The second kappa shape index (κ2) is 3.67. The number of halogens is 3. The molecule has 0 radical (unpaired) electrons. The predicted molar refractivity (Wildman–Crippen MR) is 41.8 cm³/mol. The zero-order valence-electron chi connectivity index (χ0n) is 7.16. The van der Waals surface area contributed by atoms with Gasteiger partial charge in [-0.25, -0.2) is 8.42 Å². The highest BCUT2D eigenvalue weighted by Crippen LogP contribution is 2.28. The van der Waals surface area contributed by atoms with Crippen molar-refractivity contribution < 1.29 is 26.7 Å². The van der Waals surface area contributed by atoms with Crippen LogP contribution in [-0.2, 0) is 10.0 Å². The minimum Gasteiger partial charge on any atom is -0.392 e. The lowest BCUT2D eigenvalue weighted by Gasteiger charge is -2.29. The van der Waals surface area contributed by atoms with Gasteiger partial charge in [-0.3, -0.25) is 0 Å². The molecule has 14 heavy (non-hydrogen) atoms. The van der Waals surface area contributed by atoms with E-state index in [0.29, 0.717) is 6.42 Å². The molecule has 1 N–H and O–H groups in total. The van der Waals surface area contributed by atoms with Gasteiger partial charge >= 0.3 is 15.5 Å². The SMILES string of the molecule is O=S(=O)(N1CCCC(O)C1)C(F)(F)F. The highest BCUT2D eigenvalue weighted by atomic mass is 32.2. The van der Waals surface area contributed by atoms with Crippen molar-refractivity contribution in [1.82, 2.24) is 4.31 Å². The summed E-state index contributed by atoms with van der Waals surface area (Å²) in [6.45, 7) is -0.652. The van der Waals surface area contributed by atoms with E-state index in [1.54, 1.807) is 0 Å². The average molecular weight is 233 g/mol.